The Morgan fingerprint density at radius 3 is 2.67 bits per heavy atom. The van der Waals surface area contributed by atoms with E-state index in [2.05, 4.69) is 10.6 Å². The van der Waals surface area contributed by atoms with E-state index in [0.29, 0.717) is 6.61 Å². The number of nitrogens with one attached hydrogen (secondary N) is 2. The predicted octanol–water partition coefficient (Wildman–Crippen LogP) is 1.06. The number of amides is 3. The number of ether oxygens (including phenoxy) is 2. The first kappa shape index (κ1) is 19.9. The Kier molecular flexibility index (Phi) is 6.25. The van der Waals surface area contributed by atoms with E-state index in [0.717, 1.165) is 17.1 Å². The molecule has 2 fully saturated rings. The van der Waals surface area contributed by atoms with Gasteiger partial charge in [-0.15, -0.1) is 11.8 Å². The second-order valence-electron chi connectivity index (χ2n) is 6.59. The highest BCUT2D eigenvalue weighted by molar-refractivity contribution is 7.99. The third-order valence-electron chi connectivity index (χ3n) is 4.97. The fourth-order valence-electron chi connectivity index (χ4n) is 3.47. The van der Waals surface area contributed by atoms with Crippen molar-refractivity contribution in [2.45, 2.75) is 17.7 Å². The third-order valence-corrected chi connectivity index (χ3v) is 6.16. The number of thioether (sulfide) groups is 1. The Morgan fingerprint density at radius 1 is 1.19 bits per heavy atom. The lowest BCUT2D eigenvalue weighted by atomic mass is 9.96. The van der Waals surface area contributed by atoms with E-state index < -0.39 is 6.17 Å². The maximum atomic E-state index is 12.8. The normalized spacial score (nSPS) is 28.3. The fourth-order valence-corrected chi connectivity index (χ4v) is 4.69. The number of urea groups is 1. The number of carbonyl (C=O) groups excluding carboxylic acids is 2. The second kappa shape index (κ2) is 8.47. The Bertz CT molecular complexity index is 704. The van der Waals surface area contributed by atoms with E-state index >= 15 is 0 Å². The van der Waals surface area contributed by atoms with Gasteiger partial charge >= 0.3 is 6.03 Å². The van der Waals surface area contributed by atoms with Crippen molar-refractivity contribution in [3.8, 4) is 5.75 Å². The number of fused-ring (bicyclic) bond motifs is 1. The molecule has 1 aromatic carbocycles. The molecule has 2 aliphatic heterocycles. The molecule has 8 nitrogen and oxygen atoms in total. The van der Waals surface area contributed by atoms with Gasteiger partial charge in [0.25, 0.3) is 0 Å². The van der Waals surface area contributed by atoms with Crippen LogP contribution in [0.25, 0.3) is 0 Å². The molecule has 4 unspecified atom stereocenters. The number of hydrogen-bond acceptors (Lipinski definition) is 7. The van der Waals surface area contributed by atoms with Crippen LogP contribution in [-0.4, -0.2) is 74.0 Å². The standard InChI is InChI=1S/C18H26N4O4S/c1-21-15-13(17(23)22(2)18(21)24)16(27-9-8-25-3)20-14(19-15)11-6-5-7-12(10-11)26-4/h5-7,10,13-16,19-20H,8-9H2,1-4H3. The number of hydrogen-bond donors (Lipinski definition) is 2. The van der Waals surface area contributed by atoms with Crippen molar-refractivity contribution in [3.05, 3.63) is 29.8 Å². The smallest absolute Gasteiger partial charge is 0.327 e. The summed E-state index contributed by atoms with van der Waals surface area (Å²) in [5, 5.41) is 6.78. The summed E-state index contributed by atoms with van der Waals surface area (Å²) in [7, 11) is 6.54. The molecule has 9 heteroatoms. The minimum Gasteiger partial charge on any atom is -0.497 e. The van der Waals surface area contributed by atoms with Crippen LogP contribution >= 0.6 is 11.8 Å². The molecule has 0 spiro atoms. The van der Waals surface area contributed by atoms with Gasteiger partial charge in [-0.2, -0.15) is 0 Å². The van der Waals surface area contributed by atoms with Gasteiger partial charge in [-0.05, 0) is 17.7 Å². The highest BCUT2D eigenvalue weighted by Gasteiger charge is 2.50. The summed E-state index contributed by atoms with van der Waals surface area (Å²) in [6.07, 6.45) is -0.605. The third kappa shape index (κ3) is 3.91. The molecule has 3 rings (SSSR count). The second-order valence-corrected chi connectivity index (χ2v) is 7.84. The van der Waals surface area contributed by atoms with Gasteiger partial charge in [-0.25, -0.2) is 4.79 Å². The topological polar surface area (TPSA) is 83.1 Å². The molecule has 1 aromatic rings. The van der Waals surface area contributed by atoms with Crippen LogP contribution in [0.15, 0.2) is 24.3 Å². The van der Waals surface area contributed by atoms with Crippen LogP contribution in [0.4, 0.5) is 4.79 Å². The van der Waals surface area contributed by atoms with Gasteiger partial charge in [0.05, 0.1) is 37.3 Å². The minimum absolute atomic E-state index is 0.159. The Balaban J connectivity index is 1.89. The predicted molar refractivity (Wildman–Crippen MR) is 103 cm³/mol. The molecule has 4 atom stereocenters. The van der Waals surface area contributed by atoms with Crippen LogP contribution in [-0.2, 0) is 9.53 Å². The molecule has 27 heavy (non-hydrogen) atoms. The van der Waals surface area contributed by atoms with Gasteiger partial charge in [0.15, 0.2) is 0 Å². The monoisotopic (exact) mass is 394 g/mol. The summed E-state index contributed by atoms with van der Waals surface area (Å²) >= 11 is 1.63. The molecule has 0 bridgehead atoms. The van der Waals surface area contributed by atoms with Gasteiger partial charge in [0, 0.05) is 27.0 Å². The SMILES string of the molecule is COCCSC1NC(c2cccc(OC)c2)NC2C1C(=O)N(C)C(=O)N2C. The van der Waals surface area contributed by atoms with Crippen LogP contribution in [0, 0.1) is 5.92 Å². The lowest BCUT2D eigenvalue weighted by Gasteiger charge is -2.50. The molecular formula is C18H26N4O4S. The van der Waals surface area contributed by atoms with E-state index in [1.165, 1.54) is 11.9 Å². The van der Waals surface area contributed by atoms with E-state index in [4.69, 9.17) is 9.47 Å². The van der Waals surface area contributed by atoms with Gasteiger partial charge in [0.2, 0.25) is 5.91 Å². The summed E-state index contributed by atoms with van der Waals surface area (Å²) < 4.78 is 10.5. The summed E-state index contributed by atoms with van der Waals surface area (Å²) in [6.45, 7) is 0.594. The first-order valence-electron chi connectivity index (χ1n) is 8.79. The van der Waals surface area contributed by atoms with Crippen molar-refractivity contribution in [1.82, 2.24) is 20.4 Å². The number of carbonyl (C=O) groups is 2. The number of imide groups is 1. The Labute approximate surface area is 163 Å². The van der Waals surface area contributed by atoms with Crippen LogP contribution in [0.3, 0.4) is 0 Å². The van der Waals surface area contributed by atoms with E-state index in [9.17, 15) is 9.59 Å². The minimum atomic E-state index is -0.390. The summed E-state index contributed by atoms with van der Waals surface area (Å²) in [5.41, 5.74) is 0.984. The number of benzene rings is 1. The molecule has 2 saturated heterocycles. The van der Waals surface area contributed by atoms with Crippen molar-refractivity contribution in [1.29, 1.82) is 0 Å². The van der Waals surface area contributed by atoms with E-state index in [1.54, 1.807) is 37.9 Å². The van der Waals surface area contributed by atoms with Gasteiger partial charge < -0.3 is 14.4 Å². The number of nitrogens with zero attached hydrogens (tertiary/aromatic N) is 2. The van der Waals surface area contributed by atoms with Crippen LogP contribution in [0.5, 0.6) is 5.75 Å². The molecule has 0 saturated carbocycles. The summed E-state index contributed by atoms with van der Waals surface area (Å²) in [4.78, 5) is 28.1. The van der Waals surface area contributed by atoms with Crippen molar-refractivity contribution in [2.75, 3.05) is 40.7 Å². The molecule has 2 heterocycles. The average Bonchev–Trinajstić information content (AvgIpc) is 2.70. The lowest BCUT2D eigenvalue weighted by molar-refractivity contribution is -0.140. The highest BCUT2D eigenvalue weighted by Crippen LogP contribution is 2.34. The molecule has 0 radical (unpaired) electrons. The van der Waals surface area contributed by atoms with Crippen molar-refractivity contribution < 1.29 is 19.1 Å². The molecular weight excluding hydrogens is 368 g/mol. The van der Waals surface area contributed by atoms with Crippen molar-refractivity contribution in [3.63, 3.8) is 0 Å². The first-order chi connectivity index (χ1) is 13.0. The Morgan fingerprint density at radius 2 is 1.96 bits per heavy atom. The van der Waals surface area contributed by atoms with Gasteiger partial charge in [-0.3, -0.25) is 20.3 Å². The molecule has 2 N–H and O–H groups in total. The van der Waals surface area contributed by atoms with Crippen LogP contribution < -0.4 is 15.4 Å². The quantitative estimate of drug-likeness (QED) is 0.698. The zero-order chi connectivity index (χ0) is 19.6. The number of rotatable bonds is 6. The maximum Gasteiger partial charge on any atom is 0.327 e. The molecule has 0 aliphatic carbocycles. The Hall–Kier alpha value is -1.81. The number of methoxy groups -OCH3 is 2. The zero-order valence-corrected chi connectivity index (χ0v) is 16.8. The van der Waals surface area contributed by atoms with Crippen molar-refractivity contribution >= 4 is 23.7 Å². The van der Waals surface area contributed by atoms with E-state index in [1.807, 2.05) is 24.3 Å². The van der Waals surface area contributed by atoms with Crippen LogP contribution in [0.1, 0.15) is 11.7 Å². The highest BCUT2D eigenvalue weighted by atomic mass is 32.2. The molecule has 3 amide bonds. The van der Waals surface area contributed by atoms with E-state index in [-0.39, 0.29) is 29.4 Å². The summed E-state index contributed by atoms with van der Waals surface area (Å²) in [6, 6.07) is 7.43. The fraction of sp³-hybridized carbons (Fsp3) is 0.556. The molecule has 148 valence electrons. The molecule has 2 aliphatic rings. The van der Waals surface area contributed by atoms with Gasteiger partial charge in [-0.1, -0.05) is 12.1 Å². The zero-order valence-electron chi connectivity index (χ0n) is 16.0. The largest absolute Gasteiger partial charge is 0.497 e. The molecule has 0 aromatic heterocycles. The summed E-state index contributed by atoms with van der Waals surface area (Å²) in [5.74, 6) is 0.936. The van der Waals surface area contributed by atoms with Gasteiger partial charge in [0.1, 0.15) is 5.75 Å². The van der Waals surface area contributed by atoms with Crippen LogP contribution in [0.2, 0.25) is 0 Å². The first-order valence-corrected chi connectivity index (χ1v) is 9.83. The van der Waals surface area contributed by atoms with Crippen molar-refractivity contribution in [2.24, 2.45) is 5.92 Å². The maximum absolute atomic E-state index is 12.8. The average molecular weight is 394 g/mol. The lowest BCUT2D eigenvalue weighted by Crippen LogP contribution is -2.72.